The molecular weight excluding hydrogens is 232 g/mol. The summed E-state index contributed by atoms with van der Waals surface area (Å²) in [6.45, 7) is 0. The van der Waals surface area contributed by atoms with E-state index >= 15 is 0 Å². The monoisotopic (exact) mass is 248 g/mol. The first-order valence-corrected chi connectivity index (χ1v) is 5.55. The molecule has 1 heterocycles. The van der Waals surface area contributed by atoms with E-state index in [2.05, 4.69) is 0 Å². The summed E-state index contributed by atoms with van der Waals surface area (Å²) >= 11 is 0. The first-order chi connectivity index (χ1) is 8.56. The van der Waals surface area contributed by atoms with Crippen LogP contribution >= 0.6 is 0 Å². The molecule has 0 aromatic heterocycles. The van der Waals surface area contributed by atoms with Crippen molar-refractivity contribution in [1.82, 2.24) is 0 Å². The lowest BCUT2D eigenvalue weighted by atomic mass is 9.99. The van der Waals surface area contributed by atoms with Crippen LogP contribution in [0.3, 0.4) is 0 Å². The maximum Gasteiger partial charge on any atom is 0.246 e. The number of primary amides is 1. The van der Waals surface area contributed by atoms with Gasteiger partial charge in [-0.2, -0.15) is 0 Å². The van der Waals surface area contributed by atoms with Crippen molar-refractivity contribution >= 4 is 11.6 Å². The minimum atomic E-state index is -0.401. The zero-order valence-electron chi connectivity index (χ0n) is 10.7. The Bertz CT molecular complexity index is 523. The van der Waals surface area contributed by atoms with Crippen molar-refractivity contribution < 1.29 is 14.3 Å². The molecule has 1 aromatic rings. The van der Waals surface area contributed by atoms with Gasteiger partial charge in [0.05, 0.1) is 14.2 Å². The van der Waals surface area contributed by atoms with E-state index in [-0.39, 0.29) is 0 Å². The summed E-state index contributed by atoms with van der Waals surface area (Å²) in [6.07, 6.45) is 2.26. The second-order valence-corrected chi connectivity index (χ2v) is 4.14. The van der Waals surface area contributed by atoms with E-state index in [1.165, 1.54) is 0 Å². The van der Waals surface area contributed by atoms with Crippen LogP contribution in [0.4, 0.5) is 5.69 Å². The van der Waals surface area contributed by atoms with Crippen molar-refractivity contribution in [1.29, 1.82) is 0 Å². The second-order valence-electron chi connectivity index (χ2n) is 4.14. The fourth-order valence-corrected chi connectivity index (χ4v) is 2.09. The van der Waals surface area contributed by atoms with E-state index in [0.29, 0.717) is 23.5 Å². The zero-order valence-corrected chi connectivity index (χ0v) is 10.7. The van der Waals surface area contributed by atoms with Crippen LogP contribution in [0.2, 0.25) is 0 Å². The van der Waals surface area contributed by atoms with E-state index in [1.54, 1.807) is 20.4 Å². The number of amides is 1. The van der Waals surface area contributed by atoms with E-state index in [0.717, 1.165) is 11.3 Å². The molecule has 0 saturated carbocycles. The fraction of sp³-hybridized carbons (Fsp3) is 0.308. The summed E-state index contributed by atoms with van der Waals surface area (Å²) in [4.78, 5) is 13.1. The Hall–Kier alpha value is -2.17. The third-order valence-corrected chi connectivity index (χ3v) is 3.01. The summed E-state index contributed by atoms with van der Waals surface area (Å²) in [5.74, 6) is 0.914. The number of methoxy groups -OCH3 is 2. The lowest BCUT2D eigenvalue weighted by molar-refractivity contribution is -0.114. The minimum absolute atomic E-state index is 0.401. The number of anilines is 1. The van der Waals surface area contributed by atoms with Crippen LogP contribution < -0.4 is 20.1 Å². The van der Waals surface area contributed by atoms with Crippen LogP contribution in [0.1, 0.15) is 5.56 Å². The summed E-state index contributed by atoms with van der Waals surface area (Å²) in [7, 11) is 5.05. The van der Waals surface area contributed by atoms with Gasteiger partial charge in [-0.15, -0.1) is 0 Å². The van der Waals surface area contributed by atoms with Crippen molar-refractivity contribution in [2.45, 2.75) is 6.42 Å². The predicted molar refractivity (Wildman–Crippen MR) is 68.9 cm³/mol. The van der Waals surface area contributed by atoms with Gasteiger partial charge < -0.3 is 20.1 Å². The Morgan fingerprint density at radius 3 is 2.44 bits per heavy atom. The normalized spacial score (nSPS) is 13.7. The van der Waals surface area contributed by atoms with Crippen LogP contribution in [-0.2, 0) is 11.2 Å². The van der Waals surface area contributed by atoms with Crippen molar-refractivity contribution in [2.24, 2.45) is 5.73 Å². The standard InChI is InChI=1S/C13H16N2O3/c1-15-7-9(13(14)16)4-8-5-11(17-2)12(18-3)6-10(8)15/h5-7H,4H2,1-3H3,(H2,14,16). The predicted octanol–water partition coefficient (Wildman–Crippen LogP) is 1.07. The molecule has 0 atom stereocenters. The average Bonchev–Trinajstić information content (AvgIpc) is 2.36. The molecule has 0 bridgehead atoms. The molecule has 96 valence electrons. The highest BCUT2D eigenvalue weighted by atomic mass is 16.5. The first-order valence-electron chi connectivity index (χ1n) is 5.55. The van der Waals surface area contributed by atoms with Gasteiger partial charge in [-0.1, -0.05) is 0 Å². The van der Waals surface area contributed by atoms with Crippen LogP contribution in [-0.4, -0.2) is 27.2 Å². The van der Waals surface area contributed by atoms with Crippen molar-refractivity contribution in [3.05, 3.63) is 29.5 Å². The number of rotatable bonds is 3. The lowest BCUT2D eigenvalue weighted by Crippen LogP contribution is -2.24. The smallest absolute Gasteiger partial charge is 0.246 e. The molecule has 1 aliphatic heterocycles. The first kappa shape index (κ1) is 12.3. The van der Waals surface area contributed by atoms with Crippen molar-refractivity contribution in [3.8, 4) is 11.5 Å². The van der Waals surface area contributed by atoms with Gasteiger partial charge in [-0.3, -0.25) is 4.79 Å². The third kappa shape index (κ3) is 1.99. The van der Waals surface area contributed by atoms with E-state index in [1.807, 2.05) is 24.1 Å². The van der Waals surface area contributed by atoms with Crippen molar-refractivity contribution in [3.63, 3.8) is 0 Å². The summed E-state index contributed by atoms with van der Waals surface area (Å²) in [5.41, 5.74) is 7.88. The Kier molecular flexibility index (Phi) is 3.14. The molecule has 0 fully saturated rings. The highest BCUT2D eigenvalue weighted by Gasteiger charge is 2.21. The number of benzene rings is 1. The molecule has 0 unspecified atom stereocenters. The Morgan fingerprint density at radius 1 is 1.28 bits per heavy atom. The SMILES string of the molecule is COc1cc2c(cc1OC)N(C)C=C(C(N)=O)C2. The molecule has 2 rings (SSSR count). The molecule has 0 aliphatic carbocycles. The lowest BCUT2D eigenvalue weighted by Gasteiger charge is -2.26. The largest absolute Gasteiger partial charge is 0.493 e. The van der Waals surface area contributed by atoms with Crippen LogP contribution in [0.5, 0.6) is 11.5 Å². The average molecular weight is 248 g/mol. The van der Waals surface area contributed by atoms with Gasteiger partial charge in [-0.25, -0.2) is 0 Å². The molecule has 0 radical (unpaired) electrons. The summed E-state index contributed by atoms with van der Waals surface area (Å²) in [6, 6.07) is 3.77. The number of carbonyl (C=O) groups excluding carboxylic acids is 1. The molecule has 2 N–H and O–H groups in total. The number of hydrogen-bond donors (Lipinski definition) is 1. The van der Waals surface area contributed by atoms with Crippen LogP contribution in [0.25, 0.3) is 0 Å². The fourth-order valence-electron chi connectivity index (χ4n) is 2.09. The maximum absolute atomic E-state index is 11.3. The quantitative estimate of drug-likeness (QED) is 0.868. The molecular formula is C13H16N2O3. The third-order valence-electron chi connectivity index (χ3n) is 3.01. The van der Waals surface area contributed by atoms with Gasteiger partial charge in [0.2, 0.25) is 5.91 Å². The van der Waals surface area contributed by atoms with Crippen LogP contribution in [0, 0.1) is 0 Å². The zero-order chi connectivity index (χ0) is 13.3. The molecule has 5 heteroatoms. The maximum atomic E-state index is 11.3. The molecule has 1 aromatic carbocycles. The van der Waals surface area contributed by atoms with Gasteiger partial charge in [-0.05, 0) is 11.6 Å². The van der Waals surface area contributed by atoms with E-state index in [4.69, 9.17) is 15.2 Å². The minimum Gasteiger partial charge on any atom is -0.493 e. The topological polar surface area (TPSA) is 64.8 Å². The molecule has 1 aliphatic rings. The molecule has 0 spiro atoms. The number of hydrogen-bond acceptors (Lipinski definition) is 4. The second kappa shape index (κ2) is 4.60. The van der Waals surface area contributed by atoms with Crippen LogP contribution in [0.15, 0.2) is 23.9 Å². The highest BCUT2D eigenvalue weighted by Crippen LogP contribution is 2.37. The Morgan fingerprint density at radius 2 is 1.89 bits per heavy atom. The van der Waals surface area contributed by atoms with E-state index < -0.39 is 5.91 Å². The van der Waals surface area contributed by atoms with Gasteiger partial charge >= 0.3 is 0 Å². The van der Waals surface area contributed by atoms with Gasteiger partial charge in [0, 0.05) is 37.0 Å². The van der Waals surface area contributed by atoms with Gasteiger partial charge in [0.25, 0.3) is 0 Å². The number of fused-ring (bicyclic) bond motifs is 1. The number of carbonyl (C=O) groups is 1. The van der Waals surface area contributed by atoms with Gasteiger partial charge in [0.15, 0.2) is 11.5 Å². The summed E-state index contributed by atoms with van der Waals surface area (Å²) in [5, 5.41) is 0. The molecule has 0 saturated heterocycles. The molecule has 1 amide bonds. The Balaban J connectivity index is 2.49. The Labute approximate surface area is 106 Å². The molecule has 5 nitrogen and oxygen atoms in total. The van der Waals surface area contributed by atoms with Crippen molar-refractivity contribution in [2.75, 3.05) is 26.2 Å². The number of ether oxygens (including phenoxy) is 2. The van der Waals surface area contributed by atoms with Gasteiger partial charge in [0.1, 0.15) is 0 Å². The molecule has 18 heavy (non-hydrogen) atoms. The number of nitrogens with two attached hydrogens (primary N) is 1. The van der Waals surface area contributed by atoms with E-state index in [9.17, 15) is 4.79 Å². The summed E-state index contributed by atoms with van der Waals surface area (Å²) < 4.78 is 10.5. The number of nitrogens with zero attached hydrogens (tertiary/aromatic N) is 1. The highest BCUT2D eigenvalue weighted by molar-refractivity contribution is 5.94.